The third-order valence-electron chi connectivity index (χ3n) is 10.4. The summed E-state index contributed by atoms with van der Waals surface area (Å²) in [4.78, 5) is 27.0. The summed E-state index contributed by atoms with van der Waals surface area (Å²) in [5, 5.41) is 5.72. The number of hydrogen-bond donors (Lipinski definition) is 2. The molecule has 5 aromatic carbocycles. The number of carbonyl (C=O) groups excluding carboxylic acids is 2. The van der Waals surface area contributed by atoms with Crippen LogP contribution in [0.1, 0.15) is 60.4 Å². The number of hydrogen-bond acceptors (Lipinski definition) is 9. The molecule has 6 rings (SSSR count). The van der Waals surface area contributed by atoms with Crippen LogP contribution < -0.4 is 10.6 Å². The van der Waals surface area contributed by atoms with Gasteiger partial charge in [0.25, 0.3) is 0 Å². The van der Waals surface area contributed by atoms with Gasteiger partial charge in [-0.3, -0.25) is 4.79 Å². The van der Waals surface area contributed by atoms with Crippen LogP contribution in [0.3, 0.4) is 0 Å². The zero-order valence-corrected chi connectivity index (χ0v) is 35.6. The van der Waals surface area contributed by atoms with Crippen molar-refractivity contribution in [2.75, 3.05) is 19.8 Å². The zero-order valence-electron chi connectivity index (χ0n) is 35.6. The van der Waals surface area contributed by atoms with Crippen LogP contribution in [0.5, 0.6) is 0 Å². The van der Waals surface area contributed by atoms with Gasteiger partial charge in [-0.05, 0) is 34.2 Å². The minimum atomic E-state index is -1.12. The molecule has 11 heteroatoms. The molecule has 0 spiro atoms. The van der Waals surface area contributed by atoms with Crippen LogP contribution in [0.15, 0.2) is 152 Å². The normalized spacial score (nSPS) is 19.0. The lowest BCUT2D eigenvalue weighted by molar-refractivity contribution is -0.328. The van der Waals surface area contributed by atoms with Crippen molar-refractivity contribution in [1.29, 1.82) is 0 Å². The van der Waals surface area contributed by atoms with Crippen LogP contribution in [0.4, 0.5) is 4.79 Å². The van der Waals surface area contributed by atoms with Crippen molar-refractivity contribution < 1.29 is 42.7 Å². The first-order chi connectivity index (χ1) is 30.6. The van der Waals surface area contributed by atoms with Crippen molar-refractivity contribution in [1.82, 2.24) is 10.6 Å². The van der Waals surface area contributed by atoms with Gasteiger partial charge < -0.3 is 43.8 Å². The third-order valence-corrected chi connectivity index (χ3v) is 10.4. The van der Waals surface area contributed by atoms with E-state index in [1.54, 1.807) is 0 Å². The molecule has 0 aliphatic carbocycles. The summed E-state index contributed by atoms with van der Waals surface area (Å²) < 4.78 is 45.6. The van der Waals surface area contributed by atoms with Crippen LogP contribution >= 0.6 is 0 Å². The van der Waals surface area contributed by atoms with E-state index in [1.807, 2.05) is 152 Å². The number of benzene rings is 5. The molecule has 0 aromatic heterocycles. The Bertz CT molecular complexity index is 1980. The Labute approximate surface area is 366 Å². The highest BCUT2D eigenvalue weighted by Gasteiger charge is 2.49. The fourth-order valence-corrected chi connectivity index (χ4v) is 7.05. The van der Waals surface area contributed by atoms with Gasteiger partial charge in [-0.1, -0.05) is 178 Å². The van der Waals surface area contributed by atoms with E-state index in [-0.39, 0.29) is 39.6 Å². The maximum atomic E-state index is 13.8. The zero-order chi connectivity index (χ0) is 43.0. The lowest BCUT2D eigenvalue weighted by Gasteiger charge is -2.46. The fraction of sp³-hybridized carbons (Fsp3) is 0.373. The standard InChI is InChI=1S/C51H60N2O9/c1-2-3-4-20-31-52-49(54)44(53-51(55)61-36-43-29-18-9-19-30-43)37-60-50-48(59-35-42-27-16-8-17-28-42)47(58-34-41-25-14-7-15-26-41)46(57-33-40-23-12-6-13-24-40)45(62-50)38-56-32-39-21-10-5-11-22-39/h5-19,21-30,44-48,50H,2-4,20,31-38H2,1H3,(H,52,54)(H,53,55)/t44-,45+,46-,47-,48+,50+/m0/s1. The lowest BCUT2D eigenvalue weighted by atomic mass is 9.97. The van der Waals surface area contributed by atoms with Crippen LogP contribution in [-0.2, 0) is 71.0 Å². The van der Waals surface area contributed by atoms with Crippen molar-refractivity contribution in [2.45, 2.75) is 102 Å². The first-order valence-electron chi connectivity index (χ1n) is 21.7. The molecule has 1 saturated heterocycles. The van der Waals surface area contributed by atoms with E-state index in [0.29, 0.717) is 13.2 Å². The smallest absolute Gasteiger partial charge is 0.408 e. The van der Waals surface area contributed by atoms with Crippen molar-refractivity contribution in [3.8, 4) is 0 Å². The molecule has 11 nitrogen and oxygen atoms in total. The van der Waals surface area contributed by atoms with E-state index in [1.165, 1.54) is 0 Å². The average Bonchev–Trinajstić information content (AvgIpc) is 3.32. The predicted molar refractivity (Wildman–Crippen MR) is 236 cm³/mol. The summed E-state index contributed by atoms with van der Waals surface area (Å²) >= 11 is 0. The van der Waals surface area contributed by atoms with Crippen LogP contribution in [0.2, 0.25) is 0 Å². The van der Waals surface area contributed by atoms with Crippen molar-refractivity contribution >= 4 is 12.0 Å². The van der Waals surface area contributed by atoms with Crippen molar-refractivity contribution in [3.63, 3.8) is 0 Å². The molecule has 2 N–H and O–H groups in total. The van der Waals surface area contributed by atoms with Crippen LogP contribution in [-0.4, -0.2) is 68.5 Å². The number of rotatable bonds is 25. The molecule has 0 saturated carbocycles. The van der Waals surface area contributed by atoms with E-state index in [4.69, 9.17) is 33.2 Å². The molecule has 62 heavy (non-hydrogen) atoms. The third kappa shape index (κ3) is 15.5. The SMILES string of the molecule is CCCCCCNC(=O)[C@H](CO[C@@H]1O[C@H](COCc2ccccc2)[C@H](OCc2ccccc2)[C@H](OCc2ccccc2)[C@H]1OCc1ccccc1)NC(=O)OCc1ccccc1. The van der Waals surface area contributed by atoms with E-state index in [2.05, 4.69) is 17.6 Å². The Balaban J connectivity index is 1.28. The second-order valence-electron chi connectivity index (χ2n) is 15.3. The summed E-state index contributed by atoms with van der Waals surface area (Å²) in [6.07, 6.45) is -0.874. The number of carbonyl (C=O) groups is 2. The molecule has 5 aromatic rings. The van der Waals surface area contributed by atoms with Crippen molar-refractivity contribution in [2.24, 2.45) is 0 Å². The largest absolute Gasteiger partial charge is 0.445 e. The van der Waals surface area contributed by atoms with Crippen molar-refractivity contribution in [3.05, 3.63) is 179 Å². The van der Waals surface area contributed by atoms with Gasteiger partial charge in [0.05, 0.1) is 39.6 Å². The Morgan fingerprint density at radius 1 is 0.548 bits per heavy atom. The van der Waals surface area contributed by atoms with Gasteiger partial charge in [0.2, 0.25) is 5.91 Å². The minimum absolute atomic E-state index is 0.0372. The van der Waals surface area contributed by atoms with Gasteiger partial charge in [-0.15, -0.1) is 0 Å². The molecule has 1 aliphatic heterocycles. The monoisotopic (exact) mass is 844 g/mol. The van der Waals surface area contributed by atoms with Gasteiger partial charge in [-0.25, -0.2) is 4.79 Å². The van der Waals surface area contributed by atoms with Crippen LogP contribution in [0.25, 0.3) is 0 Å². The summed E-state index contributed by atoms with van der Waals surface area (Å²) in [7, 11) is 0. The first-order valence-corrected chi connectivity index (χ1v) is 21.7. The van der Waals surface area contributed by atoms with Gasteiger partial charge in [-0.2, -0.15) is 0 Å². The Morgan fingerprint density at radius 2 is 1.02 bits per heavy atom. The Hall–Kier alpha value is -5.40. The van der Waals surface area contributed by atoms with E-state index >= 15 is 0 Å². The summed E-state index contributed by atoms with van der Waals surface area (Å²) in [5.74, 6) is -0.403. The topological polar surface area (TPSA) is 123 Å². The summed E-state index contributed by atoms with van der Waals surface area (Å²) in [6, 6.07) is 47.8. The summed E-state index contributed by atoms with van der Waals surface area (Å²) in [6.45, 7) is 3.60. The van der Waals surface area contributed by atoms with Gasteiger partial charge in [0.15, 0.2) is 6.29 Å². The number of unbranched alkanes of at least 4 members (excludes halogenated alkanes) is 3. The van der Waals surface area contributed by atoms with E-state index in [9.17, 15) is 9.59 Å². The highest BCUT2D eigenvalue weighted by molar-refractivity contribution is 5.85. The molecule has 1 aliphatic rings. The second-order valence-corrected chi connectivity index (χ2v) is 15.3. The maximum absolute atomic E-state index is 13.8. The molecule has 1 fully saturated rings. The molecule has 0 unspecified atom stereocenters. The fourth-order valence-electron chi connectivity index (χ4n) is 7.05. The number of ether oxygens (including phenoxy) is 7. The molecule has 0 radical (unpaired) electrons. The van der Waals surface area contributed by atoms with E-state index in [0.717, 1.165) is 53.5 Å². The second kappa shape index (κ2) is 26.2. The average molecular weight is 845 g/mol. The minimum Gasteiger partial charge on any atom is -0.445 e. The van der Waals surface area contributed by atoms with Gasteiger partial charge in [0, 0.05) is 6.54 Å². The summed E-state index contributed by atoms with van der Waals surface area (Å²) in [5.41, 5.74) is 4.70. The Kier molecular flexibility index (Phi) is 19.5. The van der Waals surface area contributed by atoms with Gasteiger partial charge in [0.1, 0.15) is 37.1 Å². The maximum Gasteiger partial charge on any atom is 0.408 e. The highest BCUT2D eigenvalue weighted by atomic mass is 16.7. The van der Waals surface area contributed by atoms with Gasteiger partial charge >= 0.3 is 6.09 Å². The predicted octanol–water partition coefficient (Wildman–Crippen LogP) is 8.69. The highest BCUT2D eigenvalue weighted by Crippen LogP contribution is 2.32. The van der Waals surface area contributed by atoms with E-state index < -0.39 is 48.7 Å². The molecule has 2 amide bonds. The molecule has 6 atom stereocenters. The molecular formula is C51H60N2O9. The Morgan fingerprint density at radius 3 is 1.53 bits per heavy atom. The molecular weight excluding hydrogens is 785 g/mol. The number of nitrogens with one attached hydrogen (secondary N) is 2. The lowest BCUT2D eigenvalue weighted by Crippen LogP contribution is -2.62. The molecule has 328 valence electrons. The quantitative estimate of drug-likeness (QED) is 0.0556. The first kappa shape index (κ1) is 46.1. The molecule has 0 bridgehead atoms. The van der Waals surface area contributed by atoms with Crippen LogP contribution in [0, 0.1) is 0 Å². The number of amides is 2. The number of alkyl carbamates (subject to hydrolysis) is 1. The molecule has 1 heterocycles.